The van der Waals surface area contributed by atoms with E-state index in [9.17, 15) is 20.0 Å². The van der Waals surface area contributed by atoms with E-state index in [0.29, 0.717) is 30.0 Å². The Labute approximate surface area is 134 Å². The Balaban J connectivity index is 2.57. The molecular formula is C15H20ClNO5. The highest BCUT2D eigenvalue weighted by atomic mass is 35.5. The predicted molar refractivity (Wildman–Crippen MR) is 83.4 cm³/mol. The molecule has 0 saturated carbocycles. The number of carbonyl (C=O) groups is 1. The second kappa shape index (κ2) is 8.10. The molecule has 0 heterocycles. The number of hydrogen-bond acceptors (Lipinski definition) is 5. The molecule has 1 aromatic rings. The van der Waals surface area contributed by atoms with Crippen LogP contribution in [0.2, 0.25) is 5.02 Å². The molecule has 0 fully saturated rings. The van der Waals surface area contributed by atoms with E-state index >= 15 is 0 Å². The van der Waals surface area contributed by atoms with Gasteiger partial charge in [0.2, 0.25) is 0 Å². The van der Waals surface area contributed by atoms with Crippen LogP contribution in [0.25, 0.3) is 0 Å². The standard InChI is InChI=1S/C15H20ClNO5/c1-9(15(19)11(3)18)5-4-6-22-14-8-13(17(20)21)10(2)7-12(14)16/h7-9,15,19H,4-6H2,1-3H3. The van der Waals surface area contributed by atoms with Gasteiger partial charge in [-0.3, -0.25) is 14.9 Å². The Kier molecular flexibility index (Phi) is 6.77. The van der Waals surface area contributed by atoms with Crippen LogP contribution in [0.1, 0.15) is 32.3 Å². The zero-order valence-corrected chi connectivity index (χ0v) is 13.6. The minimum atomic E-state index is -0.968. The van der Waals surface area contributed by atoms with Gasteiger partial charge < -0.3 is 9.84 Å². The van der Waals surface area contributed by atoms with Gasteiger partial charge >= 0.3 is 0 Å². The van der Waals surface area contributed by atoms with Crippen molar-refractivity contribution >= 4 is 23.1 Å². The highest BCUT2D eigenvalue weighted by molar-refractivity contribution is 6.32. The minimum absolute atomic E-state index is 0.0419. The maximum atomic E-state index is 11.1. The van der Waals surface area contributed by atoms with E-state index in [4.69, 9.17) is 16.3 Å². The first-order chi connectivity index (χ1) is 10.2. The molecular weight excluding hydrogens is 310 g/mol. The number of aliphatic hydroxyl groups excluding tert-OH is 1. The molecule has 0 aromatic heterocycles. The maximum Gasteiger partial charge on any atom is 0.276 e. The van der Waals surface area contributed by atoms with Crippen LogP contribution < -0.4 is 4.74 Å². The highest BCUT2D eigenvalue weighted by Crippen LogP contribution is 2.32. The van der Waals surface area contributed by atoms with E-state index in [1.807, 2.05) is 0 Å². The van der Waals surface area contributed by atoms with Crippen molar-refractivity contribution in [2.45, 2.75) is 39.7 Å². The molecule has 1 aromatic carbocycles. The van der Waals surface area contributed by atoms with Gasteiger partial charge in [0.15, 0.2) is 5.78 Å². The number of nitrogens with zero attached hydrogens (tertiary/aromatic N) is 1. The fraction of sp³-hybridized carbons (Fsp3) is 0.533. The Hall–Kier alpha value is -1.66. The monoisotopic (exact) mass is 329 g/mol. The molecule has 1 rings (SSSR count). The average Bonchev–Trinajstić information content (AvgIpc) is 2.43. The average molecular weight is 330 g/mol. The lowest BCUT2D eigenvalue weighted by Crippen LogP contribution is -2.25. The van der Waals surface area contributed by atoms with Crippen molar-refractivity contribution in [1.29, 1.82) is 0 Å². The van der Waals surface area contributed by atoms with Crippen molar-refractivity contribution in [1.82, 2.24) is 0 Å². The van der Waals surface area contributed by atoms with Crippen LogP contribution in [-0.2, 0) is 4.79 Å². The van der Waals surface area contributed by atoms with Gasteiger partial charge in [0.05, 0.1) is 22.6 Å². The smallest absolute Gasteiger partial charge is 0.276 e. The molecule has 0 aliphatic carbocycles. The highest BCUT2D eigenvalue weighted by Gasteiger charge is 2.19. The largest absolute Gasteiger partial charge is 0.492 e. The van der Waals surface area contributed by atoms with Gasteiger partial charge in [-0.1, -0.05) is 18.5 Å². The number of benzene rings is 1. The number of ether oxygens (including phenoxy) is 1. The minimum Gasteiger partial charge on any atom is -0.492 e. The molecule has 0 aliphatic heterocycles. The molecule has 0 radical (unpaired) electrons. The van der Waals surface area contributed by atoms with Gasteiger partial charge in [-0.2, -0.15) is 0 Å². The van der Waals surface area contributed by atoms with Crippen LogP contribution in [0.4, 0.5) is 5.69 Å². The van der Waals surface area contributed by atoms with Gasteiger partial charge in [0, 0.05) is 5.56 Å². The van der Waals surface area contributed by atoms with Crippen molar-refractivity contribution in [2.24, 2.45) is 5.92 Å². The lowest BCUT2D eigenvalue weighted by molar-refractivity contribution is -0.385. The van der Waals surface area contributed by atoms with Gasteiger partial charge in [-0.15, -0.1) is 0 Å². The SMILES string of the molecule is CC(=O)C(O)C(C)CCCOc1cc([N+](=O)[O-])c(C)cc1Cl. The number of nitro benzene ring substituents is 1. The number of Topliss-reactive ketones (excluding diaryl/α,β-unsaturated/α-hetero) is 1. The summed E-state index contributed by atoms with van der Waals surface area (Å²) >= 11 is 6.01. The van der Waals surface area contributed by atoms with Crippen molar-refractivity contribution in [3.8, 4) is 5.75 Å². The van der Waals surface area contributed by atoms with Crippen LogP contribution in [0.3, 0.4) is 0 Å². The molecule has 6 nitrogen and oxygen atoms in total. The summed E-state index contributed by atoms with van der Waals surface area (Å²) in [7, 11) is 0. The van der Waals surface area contributed by atoms with E-state index in [1.165, 1.54) is 19.1 Å². The van der Waals surface area contributed by atoms with Crippen LogP contribution >= 0.6 is 11.6 Å². The number of carbonyl (C=O) groups excluding carboxylic acids is 1. The third kappa shape index (κ3) is 4.96. The molecule has 0 amide bonds. The van der Waals surface area contributed by atoms with Gasteiger partial charge in [0.25, 0.3) is 5.69 Å². The summed E-state index contributed by atoms with van der Waals surface area (Å²) in [4.78, 5) is 21.5. The summed E-state index contributed by atoms with van der Waals surface area (Å²) in [5.41, 5.74) is 0.431. The Morgan fingerprint density at radius 3 is 2.68 bits per heavy atom. The molecule has 2 unspecified atom stereocenters. The van der Waals surface area contributed by atoms with Crippen molar-refractivity contribution in [3.05, 3.63) is 32.8 Å². The van der Waals surface area contributed by atoms with Crippen LogP contribution in [0, 0.1) is 23.0 Å². The molecule has 7 heteroatoms. The van der Waals surface area contributed by atoms with E-state index in [2.05, 4.69) is 0 Å². The van der Waals surface area contributed by atoms with E-state index in [0.717, 1.165) is 0 Å². The van der Waals surface area contributed by atoms with E-state index in [1.54, 1.807) is 13.8 Å². The second-order valence-corrected chi connectivity index (χ2v) is 5.76. The summed E-state index contributed by atoms with van der Waals surface area (Å²) in [5, 5.41) is 20.8. The number of halogens is 1. The molecule has 0 spiro atoms. The fourth-order valence-corrected chi connectivity index (χ4v) is 2.37. The molecule has 1 N–H and O–H groups in total. The summed E-state index contributed by atoms with van der Waals surface area (Å²) < 4.78 is 5.47. The summed E-state index contributed by atoms with van der Waals surface area (Å²) in [6.07, 6.45) is 0.236. The van der Waals surface area contributed by atoms with E-state index < -0.39 is 11.0 Å². The zero-order chi connectivity index (χ0) is 16.9. The van der Waals surface area contributed by atoms with Crippen LogP contribution in [0.5, 0.6) is 5.75 Å². The lowest BCUT2D eigenvalue weighted by atomic mass is 9.97. The molecule has 122 valence electrons. The topological polar surface area (TPSA) is 89.7 Å². The summed E-state index contributed by atoms with van der Waals surface area (Å²) in [5.74, 6) is -0.159. The molecule has 22 heavy (non-hydrogen) atoms. The quantitative estimate of drug-likeness (QED) is 0.449. The predicted octanol–water partition coefficient (Wildman–Crippen LogP) is 3.30. The number of aliphatic hydroxyl groups is 1. The maximum absolute atomic E-state index is 11.1. The molecule has 0 bridgehead atoms. The third-order valence-electron chi connectivity index (χ3n) is 3.46. The zero-order valence-electron chi connectivity index (χ0n) is 12.8. The van der Waals surface area contributed by atoms with Crippen molar-refractivity contribution in [3.63, 3.8) is 0 Å². The first-order valence-corrected chi connectivity index (χ1v) is 7.37. The first kappa shape index (κ1) is 18.4. The van der Waals surface area contributed by atoms with Gasteiger partial charge in [-0.05, 0) is 38.7 Å². The van der Waals surface area contributed by atoms with Gasteiger partial charge in [0.1, 0.15) is 11.9 Å². The Morgan fingerprint density at radius 1 is 1.50 bits per heavy atom. The van der Waals surface area contributed by atoms with Gasteiger partial charge in [-0.25, -0.2) is 0 Å². The van der Waals surface area contributed by atoms with E-state index in [-0.39, 0.29) is 23.1 Å². The summed E-state index contributed by atoms with van der Waals surface area (Å²) in [6.45, 7) is 5.05. The molecule has 0 aliphatic rings. The van der Waals surface area contributed by atoms with Crippen LogP contribution in [0.15, 0.2) is 12.1 Å². The van der Waals surface area contributed by atoms with Crippen molar-refractivity contribution < 1.29 is 19.6 Å². The summed E-state index contributed by atoms with van der Waals surface area (Å²) in [6, 6.07) is 2.81. The Bertz CT molecular complexity index is 561. The number of hydrogen-bond donors (Lipinski definition) is 1. The Morgan fingerprint density at radius 2 is 2.14 bits per heavy atom. The number of ketones is 1. The number of rotatable bonds is 8. The second-order valence-electron chi connectivity index (χ2n) is 5.35. The first-order valence-electron chi connectivity index (χ1n) is 7.00. The van der Waals surface area contributed by atoms with Crippen LogP contribution in [-0.4, -0.2) is 28.5 Å². The fourth-order valence-electron chi connectivity index (χ4n) is 2.10. The normalized spacial score (nSPS) is 13.5. The third-order valence-corrected chi connectivity index (χ3v) is 3.76. The lowest BCUT2D eigenvalue weighted by Gasteiger charge is -2.16. The number of aryl methyl sites for hydroxylation is 1. The number of nitro groups is 1. The van der Waals surface area contributed by atoms with Crippen molar-refractivity contribution in [2.75, 3.05) is 6.61 Å². The molecule has 2 atom stereocenters. The molecule has 0 saturated heterocycles.